The molecule has 0 aliphatic carbocycles. The highest BCUT2D eigenvalue weighted by atomic mass is 16.5. The van der Waals surface area contributed by atoms with Gasteiger partial charge in [-0.25, -0.2) is 0 Å². The number of amides is 2. The number of hydrogen-bond acceptors (Lipinski definition) is 3. The number of para-hydroxylation sites is 1. The first kappa shape index (κ1) is 19.7. The fourth-order valence-corrected chi connectivity index (χ4v) is 4.07. The summed E-state index contributed by atoms with van der Waals surface area (Å²) in [5.74, 6) is 1.75. The standard InChI is InChI=1S/C24H23N3O3/c1-3-21(28)27-14-12-19-18-6-4-5-7-20(18)26-22(19)23(27)16-8-10-17(11-9-16)24(29)25-13-15-30-2/h1,4-11,23,26H,12-15H2,2H3,(H,25,29)/t23-/m0/s1. The topological polar surface area (TPSA) is 74.4 Å². The third-order valence-corrected chi connectivity index (χ3v) is 5.50. The first-order chi connectivity index (χ1) is 14.6. The van der Waals surface area contributed by atoms with Crippen molar-refractivity contribution in [1.29, 1.82) is 0 Å². The number of benzene rings is 2. The molecule has 6 nitrogen and oxygen atoms in total. The van der Waals surface area contributed by atoms with Crippen molar-refractivity contribution in [3.8, 4) is 12.3 Å². The van der Waals surface area contributed by atoms with Crippen LogP contribution in [0.15, 0.2) is 48.5 Å². The number of nitrogens with zero attached hydrogens (tertiary/aromatic N) is 1. The Hall–Kier alpha value is -3.56. The SMILES string of the molecule is C#CC(=O)N1CCc2c([nH]c3ccccc23)[C@@H]1c1ccc(C(=O)NCCOC)cc1. The van der Waals surface area contributed by atoms with Gasteiger partial charge in [-0.1, -0.05) is 30.3 Å². The zero-order chi connectivity index (χ0) is 21.1. The van der Waals surface area contributed by atoms with Gasteiger partial charge in [0.1, 0.15) is 0 Å². The number of carbonyl (C=O) groups is 2. The first-order valence-electron chi connectivity index (χ1n) is 9.88. The van der Waals surface area contributed by atoms with E-state index in [0.717, 1.165) is 23.2 Å². The Kier molecular flexibility index (Phi) is 5.55. The highest BCUT2D eigenvalue weighted by Crippen LogP contribution is 2.38. The zero-order valence-corrected chi connectivity index (χ0v) is 16.8. The summed E-state index contributed by atoms with van der Waals surface area (Å²) in [6, 6.07) is 15.1. The van der Waals surface area contributed by atoms with Gasteiger partial charge >= 0.3 is 0 Å². The van der Waals surface area contributed by atoms with Gasteiger partial charge in [0.15, 0.2) is 0 Å². The van der Waals surface area contributed by atoms with E-state index in [0.29, 0.717) is 25.3 Å². The van der Waals surface area contributed by atoms with Gasteiger partial charge in [0.25, 0.3) is 11.8 Å². The molecule has 1 aliphatic heterocycles. The van der Waals surface area contributed by atoms with Crippen molar-refractivity contribution >= 4 is 22.7 Å². The smallest absolute Gasteiger partial charge is 0.299 e. The Morgan fingerprint density at radius 3 is 2.73 bits per heavy atom. The second-order valence-corrected chi connectivity index (χ2v) is 7.23. The van der Waals surface area contributed by atoms with Gasteiger partial charge in [0.2, 0.25) is 0 Å². The number of aromatic amines is 1. The summed E-state index contributed by atoms with van der Waals surface area (Å²) in [4.78, 5) is 30.0. The second-order valence-electron chi connectivity index (χ2n) is 7.23. The highest BCUT2D eigenvalue weighted by molar-refractivity contribution is 5.95. The van der Waals surface area contributed by atoms with Gasteiger partial charge in [-0.05, 0) is 41.7 Å². The first-order valence-corrected chi connectivity index (χ1v) is 9.88. The van der Waals surface area contributed by atoms with Crippen LogP contribution in [0.25, 0.3) is 10.9 Å². The number of ether oxygens (including phenoxy) is 1. The molecule has 30 heavy (non-hydrogen) atoms. The predicted octanol–water partition coefficient (Wildman–Crippen LogP) is 2.65. The lowest BCUT2D eigenvalue weighted by atomic mass is 9.91. The summed E-state index contributed by atoms with van der Waals surface area (Å²) in [6.45, 7) is 1.45. The Morgan fingerprint density at radius 2 is 2.00 bits per heavy atom. The van der Waals surface area contributed by atoms with Crippen LogP contribution >= 0.6 is 0 Å². The molecule has 0 saturated heterocycles. The van der Waals surface area contributed by atoms with E-state index in [1.165, 1.54) is 10.9 Å². The number of terminal acetylenes is 1. The van der Waals surface area contributed by atoms with Crippen LogP contribution in [0, 0.1) is 12.3 Å². The molecular formula is C24H23N3O3. The van der Waals surface area contributed by atoms with E-state index in [1.54, 1.807) is 24.1 Å². The average molecular weight is 401 g/mol. The summed E-state index contributed by atoms with van der Waals surface area (Å²) in [6.07, 6.45) is 6.18. The third kappa shape index (κ3) is 3.56. The maximum atomic E-state index is 12.5. The number of aromatic nitrogens is 1. The molecule has 0 spiro atoms. The number of H-pyrrole nitrogens is 1. The fourth-order valence-electron chi connectivity index (χ4n) is 4.07. The van der Waals surface area contributed by atoms with Crippen LogP contribution in [0.2, 0.25) is 0 Å². The van der Waals surface area contributed by atoms with Crippen molar-refractivity contribution in [1.82, 2.24) is 15.2 Å². The lowest BCUT2D eigenvalue weighted by molar-refractivity contribution is -0.127. The molecule has 4 rings (SSSR count). The maximum absolute atomic E-state index is 12.5. The average Bonchev–Trinajstić information content (AvgIpc) is 3.17. The van der Waals surface area contributed by atoms with Gasteiger partial charge < -0.3 is 19.9 Å². The number of nitrogens with one attached hydrogen (secondary N) is 2. The molecule has 2 N–H and O–H groups in total. The van der Waals surface area contributed by atoms with Gasteiger partial charge in [-0.3, -0.25) is 9.59 Å². The summed E-state index contributed by atoms with van der Waals surface area (Å²) in [5.41, 5.74) is 4.68. The molecule has 0 bridgehead atoms. The third-order valence-electron chi connectivity index (χ3n) is 5.50. The molecular weight excluding hydrogens is 378 g/mol. The normalized spacial score (nSPS) is 15.5. The second kappa shape index (κ2) is 8.44. The molecule has 1 aromatic heterocycles. The Bertz CT molecular complexity index is 1120. The van der Waals surface area contributed by atoms with Crippen LogP contribution in [0.5, 0.6) is 0 Å². The van der Waals surface area contributed by atoms with E-state index in [4.69, 9.17) is 11.2 Å². The van der Waals surface area contributed by atoms with Crippen LogP contribution in [0.3, 0.4) is 0 Å². The van der Waals surface area contributed by atoms with Gasteiger partial charge in [-0.2, -0.15) is 0 Å². The van der Waals surface area contributed by atoms with E-state index in [9.17, 15) is 9.59 Å². The number of methoxy groups -OCH3 is 1. The maximum Gasteiger partial charge on any atom is 0.299 e. The molecule has 0 radical (unpaired) electrons. The fraction of sp³-hybridized carbons (Fsp3) is 0.250. The molecule has 2 heterocycles. The number of fused-ring (bicyclic) bond motifs is 3. The van der Waals surface area contributed by atoms with Gasteiger partial charge in [0.05, 0.1) is 12.6 Å². The largest absolute Gasteiger partial charge is 0.383 e. The van der Waals surface area contributed by atoms with Crippen molar-refractivity contribution in [3.05, 3.63) is 70.9 Å². The van der Waals surface area contributed by atoms with E-state index >= 15 is 0 Å². The van der Waals surface area contributed by atoms with Crippen molar-refractivity contribution in [2.45, 2.75) is 12.5 Å². The van der Waals surface area contributed by atoms with Crippen molar-refractivity contribution in [3.63, 3.8) is 0 Å². The zero-order valence-electron chi connectivity index (χ0n) is 16.8. The Balaban J connectivity index is 1.70. The molecule has 2 amide bonds. The lowest BCUT2D eigenvalue weighted by Crippen LogP contribution is -2.40. The number of rotatable bonds is 5. The minimum Gasteiger partial charge on any atom is -0.383 e. The monoisotopic (exact) mass is 401 g/mol. The lowest BCUT2D eigenvalue weighted by Gasteiger charge is -2.35. The molecule has 0 unspecified atom stereocenters. The quantitative estimate of drug-likeness (QED) is 0.510. The van der Waals surface area contributed by atoms with Crippen LogP contribution in [0.4, 0.5) is 0 Å². The van der Waals surface area contributed by atoms with Crippen LogP contribution < -0.4 is 5.32 Å². The molecule has 0 fully saturated rings. The van der Waals surface area contributed by atoms with E-state index in [1.807, 2.05) is 30.3 Å². The molecule has 2 aromatic carbocycles. The predicted molar refractivity (Wildman–Crippen MR) is 115 cm³/mol. The van der Waals surface area contributed by atoms with E-state index < -0.39 is 0 Å². The minimum atomic E-state index is -0.342. The van der Waals surface area contributed by atoms with Crippen LogP contribution in [-0.2, 0) is 16.0 Å². The van der Waals surface area contributed by atoms with Crippen LogP contribution in [0.1, 0.15) is 33.2 Å². The number of carbonyl (C=O) groups excluding carboxylic acids is 2. The molecule has 1 atom stereocenters. The summed E-state index contributed by atoms with van der Waals surface area (Å²) in [7, 11) is 1.59. The van der Waals surface area contributed by atoms with Gasteiger partial charge in [0, 0.05) is 42.4 Å². The molecule has 3 aromatic rings. The molecule has 0 saturated carbocycles. The van der Waals surface area contributed by atoms with E-state index in [-0.39, 0.29) is 17.9 Å². The Labute approximate surface area is 175 Å². The van der Waals surface area contributed by atoms with Crippen LogP contribution in [-0.4, -0.2) is 48.5 Å². The molecule has 1 aliphatic rings. The van der Waals surface area contributed by atoms with Crippen molar-refractivity contribution in [2.75, 3.05) is 26.8 Å². The van der Waals surface area contributed by atoms with Crippen molar-refractivity contribution in [2.24, 2.45) is 0 Å². The minimum absolute atomic E-state index is 0.162. The van der Waals surface area contributed by atoms with Gasteiger partial charge in [-0.15, -0.1) is 6.42 Å². The number of hydrogen-bond donors (Lipinski definition) is 2. The summed E-state index contributed by atoms with van der Waals surface area (Å²) >= 11 is 0. The van der Waals surface area contributed by atoms with E-state index in [2.05, 4.69) is 22.3 Å². The summed E-state index contributed by atoms with van der Waals surface area (Å²) in [5, 5.41) is 3.97. The Morgan fingerprint density at radius 1 is 1.23 bits per heavy atom. The molecule has 6 heteroatoms. The van der Waals surface area contributed by atoms with Crippen molar-refractivity contribution < 1.29 is 14.3 Å². The summed E-state index contributed by atoms with van der Waals surface area (Å²) < 4.78 is 4.96. The highest BCUT2D eigenvalue weighted by Gasteiger charge is 2.34. The molecule has 152 valence electrons.